The molecule has 1 saturated heterocycles. The summed E-state index contributed by atoms with van der Waals surface area (Å²) in [5.74, 6) is -0.800. The number of nitrogens with zero attached hydrogens (tertiary/aromatic N) is 2. The van der Waals surface area contributed by atoms with Crippen LogP contribution in [0.3, 0.4) is 0 Å². The molecule has 0 radical (unpaired) electrons. The van der Waals surface area contributed by atoms with Gasteiger partial charge in [-0.3, -0.25) is 14.6 Å². The van der Waals surface area contributed by atoms with Crippen LogP contribution in [-0.2, 0) is 0 Å². The van der Waals surface area contributed by atoms with Crippen LogP contribution in [0.4, 0.5) is 10.1 Å². The molecule has 1 N–H and O–H groups in total. The third-order valence-corrected chi connectivity index (χ3v) is 4.24. The lowest BCUT2D eigenvalue weighted by atomic mass is 10.2. The lowest BCUT2D eigenvalue weighted by Gasteiger charge is -2.23. The standard InChI is InChI=1S/C16H12ClFN2O2S/c17-12-8-11(18)6-7-13(12)20-14(21)9-19(16(20)23)15(22)10-4-2-1-3-5-10/h1-8,14,21H,9H2. The Labute approximate surface area is 142 Å². The first-order valence-electron chi connectivity index (χ1n) is 6.82. The first kappa shape index (κ1) is 15.9. The summed E-state index contributed by atoms with van der Waals surface area (Å²) in [4.78, 5) is 15.2. The number of thiocarbonyl (C=S) groups is 1. The van der Waals surface area contributed by atoms with E-state index in [1.165, 1.54) is 21.9 Å². The second kappa shape index (κ2) is 6.23. The Balaban J connectivity index is 1.91. The molecule has 1 aliphatic heterocycles. The van der Waals surface area contributed by atoms with E-state index in [1.54, 1.807) is 30.3 Å². The molecule has 0 aliphatic carbocycles. The third kappa shape index (κ3) is 2.93. The van der Waals surface area contributed by atoms with E-state index < -0.39 is 12.0 Å². The minimum Gasteiger partial charge on any atom is -0.371 e. The molecule has 2 aromatic rings. The molecular weight excluding hydrogens is 339 g/mol. The fourth-order valence-electron chi connectivity index (χ4n) is 2.43. The van der Waals surface area contributed by atoms with Gasteiger partial charge in [0.1, 0.15) is 5.82 Å². The highest BCUT2D eigenvalue weighted by atomic mass is 35.5. The third-order valence-electron chi connectivity index (χ3n) is 3.52. The van der Waals surface area contributed by atoms with Crippen LogP contribution in [0.5, 0.6) is 0 Å². The second-order valence-corrected chi connectivity index (χ2v) is 5.78. The van der Waals surface area contributed by atoms with E-state index in [1.807, 2.05) is 0 Å². The average molecular weight is 351 g/mol. The predicted octanol–water partition coefficient (Wildman–Crippen LogP) is 3.04. The van der Waals surface area contributed by atoms with Crippen LogP contribution in [0, 0.1) is 5.82 Å². The van der Waals surface area contributed by atoms with Crippen LogP contribution in [0.1, 0.15) is 10.4 Å². The van der Waals surface area contributed by atoms with Gasteiger partial charge in [-0.2, -0.15) is 0 Å². The number of hydrogen-bond acceptors (Lipinski definition) is 3. The van der Waals surface area contributed by atoms with Crippen LogP contribution >= 0.6 is 23.8 Å². The van der Waals surface area contributed by atoms with Crippen LogP contribution < -0.4 is 4.90 Å². The van der Waals surface area contributed by atoms with E-state index in [-0.39, 0.29) is 22.6 Å². The molecule has 23 heavy (non-hydrogen) atoms. The highest BCUT2D eigenvalue weighted by Crippen LogP contribution is 2.32. The number of hydrogen-bond donors (Lipinski definition) is 1. The zero-order valence-corrected chi connectivity index (χ0v) is 13.4. The van der Waals surface area contributed by atoms with E-state index in [9.17, 15) is 14.3 Å². The van der Waals surface area contributed by atoms with Crippen LogP contribution in [0.2, 0.25) is 5.02 Å². The van der Waals surface area contributed by atoms with Crippen molar-refractivity contribution in [2.45, 2.75) is 6.23 Å². The molecule has 4 nitrogen and oxygen atoms in total. The number of aliphatic hydroxyl groups is 1. The number of halogens is 2. The summed E-state index contributed by atoms with van der Waals surface area (Å²) < 4.78 is 13.2. The van der Waals surface area contributed by atoms with Crippen molar-refractivity contribution >= 4 is 40.5 Å². The minimum atomic E-state index is -1.04. The highest BCUT2D eigenvalue weighted by Gasteiger charge is 2.38. The molecule has 2 aromatic carbocycles. The zero-order chi connectivity index (χ0) is 16.6. The number of amides is 1. The summed E-state index contributed by atoms with van der Waals surface area (Å²) in [6, 6.07) is 12.4. The van der Waals surface area contributed by atoms with Crippen molar-refractivity contribution < 1.29 is 14.3 Å². The number of carbonyl (C=O) groups is 1. The average Bonchev–Trinajstić information content (AvgIpc) is 2.83. The maximum absolute atomic E-state index is 13.2. The van der Waals surface area contributed by atoms with Gasteiger partial charge >= 0.3 is 0 Å². The van der Waals surface area contributed by atoms with Gasteiger partial charge in [-0.25, -0.2) is 4.39 Å². The van der Waals surface area contributed by atoms with Gasteiger partial charge in [0.15, 0.2) is 11.3 Å². The molecular formula is C16H12ClFN2O2S. The smallest absolute Gasteiger partial charge is 0.260 e. The van der Waals surface area contributed by atoms with Crippen molar-refractivity contribution in [3.8, 4) is 0 Å². The Bertz CT molecular complexity index is 772. The van der Waals surface area contributed by atoms with Gasteiger partial charge in [-0.1, -0.05) is 29.8 Å². The first-order valence-corrected chi connectivity index (χ1v) is 7.61. The number of β-amino-alcohol motifs (C(OH)–C–C–N with tert-alkyl or cyclic N) is 1. The Morgan fingerprint density at radius 3 is 2.61 bits per heavy atom. The Morgan fingerprint density at radius 2 is 1.96 bits per heavy atom. The number of carbonyl (C=O) groups excluding carboxylic acids is 1. The number of benzene rings is 2. The normalized spacial score (nSPS) is 17.7. The van der Waals surface area contributed by atoms with Crippen molar-refractivity contribution in [2.24, 2.45) is 0 Å². The molecule has 1 heterocycles. The zero-order valence-electron chi connectivity index (χ0n) is 11.8. The molecule has 118 valence electrons. The molecule has 3 rings (SSSR count). The number of aliphatic hydroxyl groups excluding tert-OH is 1. The van der Waals surface area contributed by atoms with E-state index in [0.717, 1.165) is 6.07 Å². The molecule has 1 atom stereocenters. The molecule has 1 unspecified atom stereocenters. The lowest BCUT2D eigenvalue weighted by Crippen LogP contribution is -2.37. The first-order chi connectivity index (χ1) is 11.0. The number of anilines is 1. The molecule has 0 saturated carbocycles. The Kier molecular flexibility index (Phi) is 4.30. The molecule has 7 heteroatoms. The van der Waals surface area contributed by atoms with Crippen LogP contribution in [0.15, 0.2) is 48.5 Å². The Morgan fingerprint density at radius 1 is 1.26 bits per heavy atom. The lowest BCUT2D eigenvalue weighted by molar-refractivity contribution is 0.0821. The highest BCUT2D eigenvalue weighted by molar-refractivity contribution is 7.80. The SMILES string of the molecule is O=C(c1ccccc1)N1CC(O)N(c2ccc(F)cc2Cl)C1=S. The predicted molar refractivity (Wildman–Crippen MR) is 90.0 cm³/mol. The molecule has 0 spiro atoms. The monoisotopic (exact) mass is 350 g/mol. The van der Waals surface area contributed by atoms with Gasteiger partial charge < -0.3 is 5.11 Å². The largest absolute Gasteiger partial charge is 0.371 e. The van der Waals surface area contributed by atoms with Gasteiger partial charge in [0, 0.05) is 5.56 Å². The van der Waals surface area contributed by atoms with Crippen molar-refractivity contribution in [1.29, 1.82) is 0 Å². The van der Waals surface area contributed by atoms with Gasteiger partial charge in [0.05, 0.1) is 17.3 Å². The summed E-state index contributed by atoms with van der Waals surface area (Å²) in [6.07, 6.45) is -1.04. The van der Waals surface area contributed by atoms with E-state index in [2.05, 4.69) is 0 Å². The van der Waals surface area contributed by atoms with Crippen LogP contribution in [-0.4, -0.2) is 33.8 Å². The van der Waals surface area contributed by atoms with Crippen molar-refractivity contribution in [3.63, 3.8) is 0 Å². The van der Waals surface area contributed by atoms with Crippen molar-refractivity contribution in [1.82, 2.24) is 4.90 Å². The summed E-state index contributed by atoms with van der Waals surface area (Å²) in [6.45, 7) is 0.0142. The quantitative estimate of drug-likeness (QED) is 0.845. The summed E-state index contributed by atoms with van der Waals surface area (Å²) in [5, 5.41) is 10.5. The topological polar surface area (TPSA) is 43.8 Å². The molecule has 1 fully saturated rings. The van der Waals surface area contributed by atoms with Gasteiger partial charge in [-0.05, 0) is 42.5 Å². The van der Waals surface area contributed by atoms with E-state index in [0.29, 0.717) is 11.3 Å². The molecule has 1 aliphatic rings. The van der Waals surface area contributed by atoms with Crippen LogP contribution in [0.25, 0.3) is 0 Å². The molecule has 0 bridgehead atoms. The van der Waals surface area contributed by atoms with Gasteiger partial charge in [-0.15, -0.1) is 0 Å². The Hall–Kier alpha value is -2.02. The van der Waals surface area contributed by atoms with Crippen molar-refractivity contribution in [2.75, 3.05) is 11.4 Å². The molecule has 1 amide bonds. The van der Waals surface area contributed by atoms with Gasteiger partial charge in [0.2, 0.25) is 0 Å². The fourth-order valence-corrected chi connectivity index (χ4v) is 3.06. The summed E-state index contributed by atoms with van der Waals surface area (Å²) in [7, 11) is 0. The van der Waals surface area contributed by atoms with Crippen molar-refractivity contribution in [3.05, 3.63) is 64.9 Å². The van der Waals surface area contributed by atoms with E-state index in [4.69, 9.17) is 23.8 Å². The number of rotatable bonds is 2. The minimum absolute atomic E-state index is 0.0142. The molecule has 0 aromatic heterocycles. The summed E-state index contributed by atoms with van der Waals surface area (Å²) >= 11 is 11.3. The summed E-state index contributed by atoms with van der Waals surface area (Å²) in [5.41, 5.74) is 0.822. The maximum Gasteiger partial charge on any atom is 0.260 e. The fraction of sp³-hybridized carbons (Fsp3) is 0.125. The van der Waals surface area contributed by atoms with E-state index >= 15 is 0 Å². The van der Waals surface area contributed by atoms with Gasteiger partial charge in [0.25, 0.3) is 5.91 Å². The maximum atomic E-state index is 13.2. The second-order valence-electron chi connectivity index (χ2n) is 5.01.